The van der Waals surface area contributed by atoms with E-state index in [1.807, 2.05) is 0 Å². The van der Waals surface area contributed by atoms with Crippen LogP contribution in [0.15, 0.2) is 42.6 Å². The lowest BCUT2D eigenvalue weighted by atomic mass is 10.00. The molecule has 0 saturated carbocycles. The molecule has 10 heteroatoms. The maximum Gasteiger partial charge on any atom is 0.437 e. The Hall–Kier alpha value is -2.85. The third kappa shape index (κ3) is 3.73. The molecule has 1 aromatic heterocycles. The number of nitrogens with zero attached hydrogens (tertiary/aromatic N) is 4. The van der Waals surface area contributed by atoms with Crippen molar-refractivity contribution in [2.45, 2.75) is 11.7 Å². The minimum Gasteiger partial charge on any atom is -0.376 e. The van der Waals surface area contributed by atoms with Gasteiger partial charge < -0.3 is 14.5 Å². The number of morpholine rings is 1. The first kappa shape index (κ1) is 19.5. The van der Waals surface area contributed by atoms with E-state index in [1.54, 1.807) is 49.6 Å². The number of ether oxygens (including phenoxy) is 2. The summed E-state index contributed by atoms with van der Waals surface area (Å²) in [5.41, 5.74) is -1.05. The van der Waals surface area contributed by atoms with Crippen molar-refractivity contribution in [3.05, 3.63) is 48.3 Å². The first-order chi connectivity index (χ1) is 13.8. The lowest BCUT2D eigenvalue weighted by Gasteiger charge is -2.45. The molecule has 0 N–H and O–H groups in total. The van der Waals surface area contributed by atoms with Crippen LogP contribution in [0.2, 0.25) is 0 Å². The van der Waals surface area contributed by atoms with E-state index >= 15 is 0 Å². The molecule has 2 aliphatic rings. The Labute approximate surface area is 165 Å². The van der Waals surface area contributed by atoms with Crippen LogP contribution in [-0.4, -0.2) is 71.1 Å². The molecule has 2 saturated heterocycles. The van der Waals surface area contributed by atoms with Gasteiger partial charge in [0.15, 0.2) is 0 Å². The third-order valence-electron chi connectivity index (χ3n) is 4.92. The quantitative estimate of drug-likeness (QED) is 0.751. The number of carbonyl (C=O) groups excluding carboxylic acids is 2. The molecule has 154 valence electrons. The maximum absolute atomic E-state index is 14.6. The highest BCUT2D eigenvalue weighted by atomic mass is 19.3. The standard InChI is InChI=1S/C19H20F2N4O4/c1-23-8-7-15(22-23)16(26)24-9-10-28-13-18(11-24)12-25(14-5-3-2-4-6-14)17(27)19(20,21)29-18/h2-8H,9-13H2,1H3. The minimum atomic E-state index is -4.04. The van der Waals surface area contributed by atoms with E-state index in [9.17, 15) is 18.4 Å². The second-order valence-electron chi connectivity index (χ2n) is 7.18. The molecule has 8 nitrogen and oxygen atoms in total. The van der Waals surface area contributed by atoms with Crippen LogP contribution in [-0.2, 0) is 21.3 Å². The third-order valence-corrected chi connectivity index (χ3v) is 4.92. The zero-order valence-electron chi connectivity index (χ0n) is 15.8. The number of aromatic nitrogens is 2. The van der Waals surface area contributed by atoms with E-state index in [0.29, 0.717) is 5.69 Å². The largest absolute Gasteiger partial charge is 0.437 e. The second-order valence-corrected chi connectivity index (χ2v) is 7.18. The van der Waals surface area contributed by atoms with Gasteiger partial charge in [0, 0.05) is 25.5 Å². The van der Waals surface area contributed by atoms with E-state index in [1.165, 1.54) is 9.58 Å². The maximum atomic E-state index is 14.6. The van der Waals surface area contributed by atoms with Gasteiger partial charge in [-0.15, -0.1) is 0 Å². The Bertz CT molecular complexity index is 920. The molecule has 0 bridgehead atoms. The van der Waals surface area contributed by atoms with E-state index in [0.717, 1.165) is 4.90 Å². The number of alkyl halides is 2. The number of carbonyl (C=O) groups is 2. The Balaban J connectivity index is 1.65. The van der Waals surface area contributed by atoms with Crippen LogP contribution in [0, 0.1) is 0 Å². The number of aryl methyl sites for hydroxylation is 1. The predicted octanol–water partition coefficient (Wildman–Crippen LogP) is 1.29. The number of halogens is 2. The van der Waals surface area contributed by atoms with Crippen LogP contribution in [0.5, 0.6) is 0 Å². The molecule has 1 spiro atoms. The van der Waals surface area contributed by atoms with Crippen molar-refractivity contribution in [3.63, 3.8) is 0 Å². The van der Waals surface area contributed by atoms with Gasteiger partial charge in [0.2, 0.25) is 0 Å². The van der Waals surface area contributed by atoms with Crippen LogP contribution in [0.25, 0.3) is 0 Å². The van der Waals surface area contributed by atoms with E-state index in [-0.39, 0.29) is 38.5 Å². The van der Waals surface area contributed by atoms with Crippen LogP contribution >= 0.6 is 0 Å². The fourth-order valence-corrected chi connectivity index (χ4v) is 3.61. The SMILES string of the molecule is Cn1ccc(C(=O)N2CCOCC3(C2)CN(c2ccccc2)C(=O)C(F)(F)O3)n1. The van der Waals surface area contributed by atoms with Gasteiger partial charge in [-0.05, 0) is 18.2 Å². The van der Waals surface area contributed by atoms with Crippen molar-refractivity contribution < 1.29 is 27.8 Å². The summed E-state index contributed by atoms with van der Waals surface area (Å²) in [6, 6.07) is 9.73. The number of anilines is 1. The monoisotopic (exact) mass is 406 g/mol. The summed E-state index contributed by atoms with van der Waals surface area (Å²) in [5.74, 6) is -1.85. The van der Waals surface area contributed by atoms with E-state index in [4.69, 9.17) is 9.47 Å². The van der Waals surface area contributed by atoms with Crippen LogP contribution < -0.4 is 4.90 Å². The fraction of sp³-hybridized carbons (Fsp3) is 0.421. The first-order valence-corrected chi connectivity index (χ1v) is 9.11. The molecule has 1 atom stereocenters. The molecule has 0 aliphatic carbocycles. The van der Waals surface area contributed by atoms with Crippen molar-refractivity contribution in [1.82, 2.24) is 14.7 Å². The normalized spacial score (nSPS) is 24.6. The summed E-state index contributed by atoms with van der Waals surface area (Å²) in [6.45, 7) is -0.142. The first-order valence-electron chi connectivity index (χ1n) is 9.11. The predicted molar refractivity (Wildman–Crippen MR) is 97.5 cm³/mol. The van der Waals surface area contributed by atoms with Crippen LogP contribution in [0.3, 0.4) is 0 Å². The lowest BCUT2D eigenvalue weighted by molar-refractivity contribution is -0.293. The van der Waals surface area contributed by atoms with E-state index < -0.39 is 23.5 Å². The minimum absolute atomic E-state index is 0.158. The molecule has 4 rings (SSSR count). The summed E-state index contributed by atoms with van der Waals surface area (Å²) in [4.78, 5) is 27.5. The molecule has 2 aliphatic heterocycles. The molecule has 2 aromatic rings. The van der Waals surface area contributed by atoms with Crippen LogP contribution in [0.1, 0.15) is 10.5 Å². The van der Waals surface area contributed by atoms with Gasteiger partial charge in [0.25, 0.3) is 5.91 Å². The summed E-state index contributed by atoms with van der Waals surface area (Å²) in [7, 11) is 1.68. The van der Waals surface area contributed by atoms with Crippen molar-refractivity contribution in [3.8, 4) is 0 Å². The van der Waals surface area contributed by atoms with Gasteiger partial charge >= 0.3 is 12.0 Å². The average Bonchev–Trinajstić information content (AvgIpc) is 3.03. The molecule has 2 amide bonds. The van der Waals surface area contributed by atoms with Gasteiger partial charge in [-0.1, -0.05) is 18.2 Å². The summed E-state index contributed by atoms with van der Waals surface area (Å²) in [5, 5.41) is 4.08. The van der Waals surface area contributed by atoms with Gasteiger partial charge in [0.05, 0.1) is 26.3 Å². The summed E-state index contributed by atoms with van der Waals surface area (Å²) < 4.78 is 41.1. The smallest absolute Gasteiger partial charge is 0.376 e. The molecule has 29 heavy (non-hydrogen) atoms. The molecule has 2 fully saturated rings. The Morgan fingerprint density at radius 3 is 2.62 bits per heavy atom. The van der Waals surface area contributed by atoms with Crippen molar-refractivity contribution in [1.29, 1.82) is 0 Å². The van der Waals surface area contributed by atoms with E-state index in [2.05, 4.69) is 5.10 Å². The zero-order chi connectivity index (χ0) is 20.6. The average molecular weight is 406 g/mol. The highest BCUT2D eigenvalue weighted by Gasteiger charge is 2.58. The molecular weight excluding hydrogens is 386 g/mol. The molecular formula is C19H20F2N4O4. The zero-order valence-corrected chi connectivity index (χ0v) is 15.8. The van der Waals surface area contributed by atoms with Crippen molar-refractivity contribution in [2.24, 2.45) is 7.05 Å². The van der Waals surface area contributed by atoms with Gasteiger partial charge in [-0.25, -0.2) is 0 Å². The van der Waals surface area contributed by atoms with Crippen molar-refractivity contribution >= 4 is 17.5 Å². The molecule has 1 unspecified atom stereocenters. The fourth-order valence-electron chi connectivity index (χ4n) is 3.61. The Morgan fingerprint density at radius 2 is 1.93 bits per heavy atom. The van der Waals surface area contributed by atoms with Crippen molar-refractivity contribution in [2.75, 3.05) is 37.7 Å². The molecule has 0 radical (unpaired) electrons. The number of hydrogen-bond acceptors (Lipinski definition) is 5. The number of rotatable bonds is 2. The topological polar surface area (TPSA) is 76.9 Å². The van der Waals surface area contributed by atoms with Gasteiger partial charge in [-0.3, -0.25) is 19.0 Å². The Morgan fingerprint density at radius 1 is 1.17 bits per heavy atom. The molecule has 1 aromatic carbocycles. The summed E-state index contributed by atoms with van der Waals surface area (Å²) in [6.07, 6.45) is -2.42. The second kappa shape index (κ2) is 7.20. The highest BCUT2D eigenvalue weighted by molar-refractivity contribution is 5.98. The number of amides is 2. The van der Waals surface area contributed by atoms with Gasteiger partial charge in [0.1, 0.15) is 11.3 Å². The number of para-hydroxylation sites is 1. The highest BCUT2D eigenvalue weighted by Crippen LogP contribution is 2.36. The molecule has 3 heterocycles. The summed E-state index contributed by atoms with van der Waals surface area (Å²) >= 11 is 0. The number of benzene rings is 1. The van der Waals surface area contributed by atoms with Gasteiger partial charge in [-0.2, -0.15) is 13.9 Å². The van der Waals surface area contributed by atoms with Crippen LogP contribution in [0.4, 0.5) is 14.5 Å². The number of hydrogen-bond donors (Lipinski definition) is 0. The lowest BCUT2D eigenvalue weighted by Crippen LogP contribution is -2.66. The Kier molecular flexibility index (Phi) is 4.83.